The third-order valence-corrected chi connectivity index (χ3v) is 6.31. The van der Waals surface area contributed by atoms with Gasteiger partial charge in [-0.2, -0.15) is 0 Å². The average Bonchev–Trinajstić information content (AvgIpc) is 2.88. The Balaban J connectivity index is 1.68. The fraction of sp³-hybridized carbons (Fsp3) is 0.172. The smallest absolute Gasteiger partial charge is 0.344 e. The third kappa shape index (κ3) is 4.08. The zero-order valence-corrected chi connectivity index (χ0v) is 19.8. The van der Waals surface area contributed by atoms with Crippen molar-refractivity contribution in [1.82, 2.24) is 0 Å². The minimum absolute atomic E-state index is 0.324. The number of fused-ring (bicyclic) bond motifs is 2. The van der Waals surface area contributed by atoms with Gasteiger partial charge in [0.1, 0.15) is 16.9 Å². The van der Waals surface area contributed by atoms with E-state index in [9.17, 15) is 9.59 Å². The lowest BCUT2D eigenvalue weighted by atomic mass is 9.97. The number of anilines is 1. The van der Waals surface area contributed by atoms with Gasteiger partial charge in [-0.1, -0.05) is 30.3 Å². The molecule has 0 aliphatic rings. The van der Waals surface area contributed by atoms with E-state index < -0.39 is 11.3 Å². The number of nitrogens with zero attached hydrogens (tertiary/aromatic N) is 1. The molecule has 0 saturated heterocycles. The standard InChI is InChI=1S/C29H25NO5/c1-4-30(5-2)20-12-9-18(10-13-20)24-17-27(31)35-28-22(24)7-6-8-23(28)25-15-19-11-14-21(33-3)16-26(19)34-29(25)32/h6-17H,4-5H2,1-3H3. The lowest BCUT2D eigenvalue weighted by molar-refractivity contribution is 0.414. The van der Waals surface area contributed by atoms with Gasteiger partial charge in [0, 0.05) is 47.2 Å². The van der Waals surface area contributed by atoms with E-state index in [0.717, 1.165) is 40.7 Å². The first-order chi connectivity index (χ1) is 17.0. The molecule has 3 aromatic carbocycles. The molecule has 5 aromatic rings. The zero-order valence-electron chi connectivity index (χ0n) is 19.8. The first kappa shape index (κ1) is 22.5. The van der Waals surface area contributed by atoms with Crippen LogP contribution in [0.5, 0.6) is 5.75 Å². The molecule has 0 spiro atoms. The molecule has 0 N–H and O–H groups in total. The summed E-state index contributed by atoms with van der Waals surface area (Å²) in [6, 6.07) is 22.2. The van der Waals surface area contributed by atoms with Crippen LogP contribution in [0.15, 0.2) is 91.2 Å². The zero-order chi connectivity index (χ0) is 24.5. The molecule has 6 nitrogen and oxygen atoms in total. The topological polar surface area (TPSA) is 72.9 Å². The summed E-state index contributed by atoms with van der Waals surface area (Å²) in [5.41, 5.74) is 3.37. The highest BCUT2D eigenvalue weighted by atomic mass is 16.5. The maximum absolute atomic E-state index is 12.9. The van der Waals surface area contributed by atoms with Gasteiger partial charge in [0.25, 0.3) is 0 Å². The number of benzene rings is 3. The van der Waals surface area contributed by atoms with Crippen LogP contribution in [-0.2, 0) is 0 Å². The predicted octanol–water partition coefficient (Wildman–Crippen LogP) is 6.09. The summed E-state index contributed by atoms with van der Waals surface area (Å²) in [5, 5.41) is 1.48. The van der Waals surface area contributed by atoms with Crippen LogP contribution in [0, 0.1) is 0 Å². The summed E-state index contributed by atoms with van der Waals surface area (Å²) >= 11 is 0. The molecule has 6 heteroatoms. The minimum Gasteiger partial charge on any atom is -0.497 e. The quantitative estimate of drug-likeness (QED) is 0.282. The Kier molecular flexibility index (Phi) is 5.87. The van der Waals surface area contributed by atoms with Gasteiger partial charge in [0.2, 0.25) is 0 Å². The highest BCUT2D eigenvalue weighted by Gasteiger charge is 2.16. The lowest BCUT2D eigenvalue weighted by Gasteiger charge is -2.21. The number of ether oxygens (including phenoxy) is 1. The Labute approximate surface area is 202 Å². The van der Waals surface area contributed by atoms with Crippen molar-refractivity contribution in [2.24, 2.45) is 0 Å². The minimum atomic E-state index is -0.519. The molecule has 0 amide bonds. The molecule has 0 aliphatic heterocycles. The summed E-state index contributed by atoms with van der Waals surface area (Å²) in [7, 11) is 1.56. The highest BCUT2D eigenvalue weighted by Crippen LogP contribution is 2.34. The highest BCUT2D eigenvalue weighted by molar-refractivity contribution is 6.01. The monoisotopic (exact) mass is 467 g/mol. The molecule has 0 aliphatic carbocycles. The Morgan fingerprint density at radius 1 is 0.800 bits per heavy atom. The Bertz CT molecular complexity index is 1640. The molecule has 176 valence electrons. The van der Waals surface area contributed by atoms with Gasteiger partial charge in [-0.15, -0.1) is 0 Å². The number of hydrogen-bond acceptors (Lipinski definition) is 6. The maximum atomic E-state index is 12.9. The largest absolute Gasteiger partial charge is 0.497 e. The second-order valence-corrected chi connectivity index (χ2v) is 8.23. The number of para-hydroxylation sites is 1. The van der Waals surface area contributed by atoms with Gasteiger partial charge in [0.15, 0.2) is 0 Å². The third-order valence-electron chi connectivity index (χ3n) is 6.31. The lowest BCUT2D eigenvalue weighted by Crippen LogP contribution is -2.21. The maximum Gasteiger partial charge on any atom is 0.344 e. The Morgan fingerprint density at radius 2 is 1.57 bits per heavy atom. The molecule has 0 atom stereocenters. The van der Waals surface area contributed by atoms with Crippen LogP contribution >= 0.6 is 0 Å². The van der Waals surface area contributed by atoms with Crippen molar-refractivity contribution < 1.29 is 13.6 Å². The van der Waals surface area contributed by atoms with Gasteiger partial charge in [-0.25, -0.2) is 9.59 Å². The molecule has 0 saturated carbocycles. The number of methoxy groups -OCH3 is 1. The molecule has 2 heterocycles. The van der Waals surface area contributed by atoms with Crippen LogP contribution in [0.2, 0.25) is 0 Å². The van der Waals surface area contributed by atoms with E-state index in [1.807, 2.05) is 30.3 Å². The molecular formula is C29H25NO5. The Morgan fingerprint density at radius 3 is 2.29 bits per heavy atom. The van der Waals surface area contributed by atoms with E-state index in [4.69, 9.17) is 13.6 Å². The van der Waals surface area contributed by atoms with E-state index in [2.05, 4.69) is 30.9 Å². The van der Waals surface area contributed by atoms with Crippen molar-refractivity contribution >= 4 is 27.6 Å². The van der Waals surface area contributed by atoms with E-state index in [0.29, 0.717) is 28.0 Å². The van der Waals surface area contributed by atoms with Crippen molar-refractivity contribution in [3.8, 4) is 28.0 Å². The number of hydrogen-bond donors (Lipinski definition) is 0. The normalized spacial score (nSPS) is 11.2. The summed E-state index contributed by atoms with van der Waals surface area (Å²) < 4.78 is 16.4. The summed E-state index contributed by atoms with van der Waals surface area (Å²) in [6.07, 6.45) is 0. The molecule has 0 bridgehead atoms. The van der Waals surface area contributed by atoms with Gasteiger partial charge >= 0.3 is 11.3 Å². The Hall–Kier alpha value is -4.32. The molecule has 0 radical (unpaired) electrons. The van der Waals surface area contributed by atoms with Gasteiger partial charge in [-0.05, 0) is 55.3 Å². The average molecular weight is 468 g/mol. The van der Waals surface area contributed by atoms with E-state index in [1.165, 1.54) is 6.07 Å². The van der Waals surface area contributed by atoms with Crippen LogP contribution in [-0.4, -0.2) is 20.2 Å². The molecular weight excluding hydrogens is 442 g/mol. The van der Waals surface area contributed by atoms with Crippen LogP contribution in [0.25, 0.3) is 44.2 Å². The fourth-order valence-corrected chi connectivity index (χ4v) is 4.48. The SMILES string of the molecule is CCN(CC)c1ccc(-c2cc(=O)oc3c(-c4cc5ccc(OC)cc5oc4=O)cccc23)cc1. The first-order valence-corrected chi connectivity index (χ1v) is 11.6. The van der Waals surface area contributed by atoms with Crippen molar-refractivity contribution in [3.05, 3.63) is 93.6 Å². The molecule has 5 rings (SSSR count). The van der Waals surface area contributed by atoms with Gasteiger partial charge in [0.05, 0.1) is 12.7 Å². The molecule has 2 aromatic heterocycles. The predicted molar refractivity (Wildman–Crippen MR) is 140 cm³/mol. The van der Waals surface area contributed by atoms with Crippen LogP contribution in [0.4, 0.5) is 5.69 Å². The van der Waals surface area contributed by atoms with Crippen molar-refractivity contribution in [2.45, 2.75) is 13.8 Å². The summed E-state index contributed by atoms with van der Waals surface area (Å²) in [5.74, 6) is 0.598. The summed E-state index contributed by atoms with van der Waals surface area (Å²) in [4.78, 5) is 27.8. The fourth-order valence-electron chi connectivity index (χ4n) is 4.48. The van der Waals surface area contributed by atoms with E-state index >= 15 is 0 Å². The first-order valence-electron chi connectivity index (χ1n) is 11.6. The van der Waals surface area contributed by atoms with Crippen molar-refractivity contribution in [2.75, 3.05) is 25.1 Å². The van der Waals surface area contributed by atoms with Crippen molar-refractivity contribution in [1.29, 1.82) is 0 Å². The van der Waals surface area contributed by atoms with Crippen LogP contribution < -0.4 is 20.9 Å². The van der Waals surface area contributed by atoms with Crippen LogP contribution in [0.1, 0.15) is 13.8 Å². The second kappa shape index (κ2) is 9.14. The molecule has 35 heavy (non-hydrogen) atoms. The van der Waals surface area contributed by atoms with Gasteiger partial charge < -0.3 is 18.5 Å². The van der Waals surface area contributed by atoms with Gasteiger partial charge in [-0.3, -0.25) is 0 Å². The van der Waals surface area contributed by atoms with Crippen molar-refractivity contribution in [3.63, 3.8) is 0 Å². The van der Waals surface area contributed by atoms with Crippen LogP contribution in [0.3, 0.4) is 0 Å². The summed E-state index contributed by atoms with van der Waals surface area (Å²) in [6.45, 7) is 6.07. The van der Waals surface area contributed by atoms with E-state index in [1.54, 1.807) is 31.4 Å². The molecule has 0 unspecified atom stereocenters. The number of rotatable bonds is 6. The van der Waals surface area contributed by atoms with E-state index in [-0.39, 0.29) is 0 Å². The second-order valence-electron chi connectivity index (χ2n) is 8.23. The molecule has 0 fully saturated rings.